The Morgan fingerprint density at radius 2 is 1.87 bits per heavy atom. The molecule has 0 atom stereocenters. The molecule has 0 bridgehead atoms. The van der Waals surface area contributed by atoms with Crippen molar-refractivity contribution in [2.45, 2.75) is 44.4 Å². The second kappa shape index (κ2) is 6.53. The minimum Gasteiger partial charge on any atom is -0.335 e. The standard InChI is InChI=1S/C21H18F3N5O2/c1-11-8-15(19(31)29-16(11)18(30)28-20(29)6-2-3-7-20)27-17-13-9-12(21(22,23)24)4-5-14(13)25-10-26-17/h4-5,8-10H,2-3,6-7H2,1H3,(H,28,30)(H,25,26,27). The van der Waals surface area contributed by atoms with Gasteiger partial charge in [0.1, 0.15) is 29.2 Å². The number of halogens is 3. The van der Waals surface area contributed by atoms with Gasteiger partial charge in [-0.3, -0.25) is 14.2 Å². The summed E-state index contributed by atoms with van der Waals surface area (Å²) in [5, 5.41) is 6.00. The molecule has 10 heteroatoms. The van der Waals surface area contributed by atoms with Gasteiger partial charge in [0.15, 0.2) is 0 Å². The first-order chi connectivity index (χ1) is 14.7. The molecule has 2 aliphatic rings. The van der Waals surface area contributed by atoms with Crippen molar-refractivity contribution in [3.05, 3.63) is 57.8 Å². The number of aryl methyl sites for hydroxylation is 1. The molecule has 1 aliphatic heterocycles. The summed E-state index contributed by atoms with van der Waals surface area (Å²) in [6, 6.07) is 4.71. The Bertz CT molecular complexity index is 1290. The van der Waals surface area contributed by atoms with Crippen LogP contribution in [0.1, 0.15) is 47.3 Å². The van der Waals surface area contributed by atoms with Gasteiger partial charge in [-0.15, -0.1) is 0 Å². The monoisotopic (exact) mass is 429 g/mol. The number of hydrogen-bond acceptors (Lipinski definition) is 5. The Morgan fingerprint density at radius 3 is 2.58 bits per heavy atom. The van der Waals surface area contributed by atoms with Gasteiger partial charge in [0.25, 0.3) is 11.5 Å². The number of carbonyl (C=O) groups excluding carboxylic acids is 1. The highest BCUT2D eigenvalue weighted by Gasteiger charge is 2.46. The topological polar surface area (TPSA) is 88.9 Å². The molecule has 1 amide bonds. The van der Waals surface area contributed by atoms with E-state index in [1.807, 2.05) is 0 Å². The molecule has 1 spiro atoms. The molecule has 0 radical (unpaired) electrons. The summed E-state index contributed by atoms with van der Waals surface area (Å²) in [5.74, 6) is -0.198. The fourth-order valence-corrected chi connectivity index (χ4v) is 4.62. The van der Waals surface area contributed by atoms with Gasteiger partial charge in [-0.05, 0) is 62.4 Å². The second-order valence-corrected chi connectivity index (χ2v) is 8.00. The summed E-state index contributed by atoms with van der Waals surface area (Å²) in [4.78, 5) is 34.0. The Balaban J connectivity index is 1.65. The van der Waals surface area contributed by atoms with Crippen LogP contribution in [0.3, 0.4) is 0 Å². The van der Waals surface area contributed by atoms with E-state index in [-0.39, 0.29) is 22.8 Å². The Labute approximate surface area is 174 Å². The van der Waals surface area contributed by atoms with Gasteiger partial charge >= 0.3 is 6.18 Å². The van der Waals surface area contributed by atoms with Crippen molar-refractivity contribution in [2.24, 2.45) is 0 Å². The third kappa shape index (κ3) is 2.96. The Morgan fingerprint density at radius 1 is 1.13 bits per heavy atom. The first-order valence-electron chi connectivity index (χ1n) is 9.88. The van der Waals surface area contributed by atoms with Crippen molar-refractivity contribution < 1.29 is 18.0 Å². The number of fused-ring (bicyclic) bond motifs is 3. The molecule has 5 rings (SSSR count). The van der Waals surface area contributed by atoms with E-state index in [2.05, 4.69) is 20.6 Å². The lowest BCUT2D eigenvalue weighted by Gasteiger charge is -2.26. The molecular weight excluding hydrogens is 411 g/mol. The maximum absolute atomic E-state index is 13.4. The molecule has 0 unspecified atom stereocenters. The summed E-state index contributed by atoms with van der Waals surface area (Å²) < 4.78 is 41.1. The van der Waals surface area contributed by atoms with Gasteiger partial charge in [-0.25, -0.2) is 9.97 Å². The van der Waals surface area contributed by atoms with Crippen LogP contribution in [0, 0.1) is 6.92 Å². The molecule has 2 N–H and O–H groups in total. The molecule has 1 fully saturated rings. The summed E-state index contributed by atoms with van der Waals surface area (Å²) in [6.07, 6.45) is -0.218. The molecule has 3 heterocycles. The number of hydrogen-bond donors (Lipinski definition) is 2. The highest BCUT2D eigenvalue weighted by molar-refractivity contribution is 5.97. The van der Waals surface area contributed by atoms with Crippen LogP contribution in [0.25, 0.3) is 10.9 Å². The van der Waals surface area contributed by atoms with E-state index in [0.717, 1.165) is 25.0 Å². The number of nitrogens with zero attached hydrogens (tertiary/aromatic N) is 3. The lowest BCUT2D eigenvalue weighted by molar-refractivity contribution is -0.137. The van der Waals surface area contributed by atoms with E-state index in [9.17, 15) is 22.8 Å². The third-order valence-corrected chi connectivity index (χ3v) is 6.03. The average Bonchev–Trinajstić information content (AvgIpc) is 3.29. The molecule has 1 aromatic carbocycles. The third-order valence-electron chi connectivity index (χ3n) is 6.03. The maximum atomic E-state index is 13.4. The lowest BCUT2D eigenvalue weighted by Crippen LogP contribution is -2.45. The van der Waals surface area contributed by atoms with Crippen molar-refractivity contribution in [2.75, 3.05) is 5.32 Å². The molecule has 3 aromatic rings. The van der Waals surface area contributed by atoms with Crippen molar-refractivity contribution in [3.8, 4) is 0 Å². The first kappa shape index (κ1) is 19.5. The van der Waals surface area contributed by atoms with Crippen LogP contribution < -0.4 is 16.2 Å². The van der Waals surface area contributed by atoms with E-state index >= 15 is 0 Å². The van der Waals surface area contributed by atoms with Gasteiger partial charge in [0.2, 0.25) is 0 Å². The van der Waals surface area contributed by atoms with Gasteiger partial charge in [-0.1, -0.05) is 0 Å². The Kier molecular flexibility index (Phi) is 4.11. The van der Waals surface area contributed by atoms with Crippen LogP contribution in [0.2, 0.25) is 0 Å². The number of carbonyl (C=O) groups is 1. The normalized spacial score (nSPS) is 17.2. The molecule has 1 aliphatic carbocycles. The quantitative estimate of drug-likeness (QED) is 0.646. The van der Waals surface area contributed by atoms with E-state index in [1.165, 1.54) is 23.0 Å². The van der Waals surface area contributed by atoms with E-state index in [1.54, 1.807) is 6.92 Å². The number of amides is 1. The van der Waals surface area contributed by atoms with Crippen molar-refractivity contribution in [1.29, 1.82) is 0 Å². The summed E-state index contributed by atoms with van der Waals surface area (Å²) in [7, 11) is 0. The van der Waals surface area contributed by atoms with Crippen LogP contribution in [-0.2, 0) is 11.8 Å². The smallest absolute Gasteiger partial charge is 0.335 e. The molecule has 160 valence electrons. The fourth-order valence-electron chi connectivity index (χ4n) is 4.62. The molecule has 7 nitrogen and oxygen atoms in total. The molecule has 1 saturated carbocycles. The molecular formula is C21H18F3N5O2. The summed E-state index contributed by atoms with van der Waals surface area (Å²) >= 11 is 0. The highest BCUT2D eigenvalue weighted by Crippen LogP contribution is 2.39. The Hall–Kier alpha value is -3.43. The van der Waals surface area contributed by atoms with E-state index < -0.39 is 23.0 Å². The average molecular weight is 429 g/mol. The predicted molar refractivity (Wildman–Crippen MR) is 107 cm³/mol. The number of nitrogens with one attached hydrogen (secondary N) is 2. The number of rotatable bonds is 2. The van der Waals surface area contributed by atoms with Crippen LogP contribution in [0.4, 0.5) is 24.7 Å². The van der Waals surface area contributed by atoms with Crippen LogP contribution in [-0.4, -0.2) is 20.4 Å². The van der Waals surface area contributed by atoms with Crippen LogP contribution >= 0.6 is 0 Å². The van der Waals surface area contributed by atoms with Gasteiger partial charge < -0.3 is 10.6 Å². The summed E-state index contributed by atoms with van der Waals surface area (Å²) in [6.45, 7) is 1.73. The van der Waals surface area contributed by atoms with Gasteiger partial charge in [0, 0.05) is 5.39 Å². The largest absolute Gasteiger partial charge is 0.416 e. The maximum Gasteiger partial charge on any atom is 0.416 e. The fraction of sp³-hybridized carbons (Fsp3) is 0.333. The van der Waals surface area contributed by atoms with E-state index in [0.29, 0.717) is 29.6 Å². The van der Waals surface area contributed by atoms with Crippen LogP contribution in [0.15, 0.2) is 35.4 Å². The number of pyridine rings is 1. The van der Waals surface area contributed by atoms with E-state index in [4.69, 9.17) is 0 Å². The number of alkyl halides is 3. The SMILES string of the molecule is Cc1cc(Nc2ncnc3ccc(C(F)(F)F)cc23)c(=O)n2c1C(=O)NC21CCCC1. The molecule has 2 aromatic heterocycles. The minimum atomic E-state index is -4.52. The zero-order valence-electron chi connectivity index (χ0n) is 16.5. The second-order valence-electron chi connectivity index (χ2n) is 8.00. The summed E-state index contributed by atoms with van der Waals surface area (Å²) in [5.41, 5.74) is -0.626. The number of anilines is 2. The van der Waals surface area contributed by atoms with Crippen LogP contribution in [0.5, 0.6) is 0 Å². The molecule has 0 saturated heterocycles. The first-order valence-corrected chi connectivity index (χ1v) is 9.88. The minimum absolute atomic E-state index is 0.0888. The predicted octanol–water partition coefficient (Wildman–Crippen LogP) is 3.83. The zero-order chi connectivity index (χ0) is 22.0. The van der Waals surface area contributed by atoms with Gasteiger partial charge in [0.05, 0.1) is 11.1 Å². The lowest BCUT2D eigenvalue weighted by atomic mass is 10.1. The van der Waals surface area contributed by atoms with Crippen molar-refractivity contribution in [3.63, 3.8) is 0 Å². The number of aromatic nitrogens is 3. The zero-order valence-corrected chi connectivity index (χ0v) is 16.5. The number of benzene rings is 1. The highest BCUT2D eigenvalue weighted by atomic mass is 19.4. The molecule has 31 heavy (non-hydrogen) atoms. The van der Waals surface area contributed by atoms with Gasteiger partial charge in [-0.2, -0.15) is 13.2 Å². The van der Waals surface area contributed by atoms with Crippen molar-refractivity contribution in [1.82, 2.24) is 19.9 Å². The van der Waals surface area contributed by atoms with Crippen molar-refractivity contribution >= 4 is 28.3 Å².